The summed E-state index contributed by atoms with van der Waals surface area (Å²) in [5.41, 5.74) is 3.64. The second kappa shape index (κ2) is 9.13. The van der Waals surface area contributed by atoms with Crippen LogP contribution < -0.4 is 10.5 Å². The van der Waals surface area contributed by atoms with Crippen molar-refractivity contribution in [2.75, 3.05) is 31.1 Å². The first-order valence-electron chi connectivity index (χ1n) is 12.3. The Morgan fingerprint density at radius 1 is 1.00 bits per heavy atom. The van der Waals surface area contributed by atoms with Crippen LogP contribution in [0.25, 0.3) is 10.9 Å². The van der Waals surface area contributed by atoms with Gasteiger partial charge in [-0.25, -0.2) is 9.07 Å². The lowest BCUT2D eigenvalue weighted by Crippen LogP contribution is -2.49. The average molecular weight is 490 g/mol. The van der Waals surface area contributed by atoms with Crippen molar-refractivity contribution >= 4 is 16.6 Å². The fourth-order valence-electron chi connectivity index (χ4n) is 5.07. The van der Waals surface area contributed by atoms with Gasteiger partial charge in [-0.15, -0.1) is 5.10 Å². The van der Waals surface area contributed by atoms with Gasteiger partial charge in [0.15, 0.2) is 5.82 Å². The van der Waals surface area contributed by atoms with Crippen LogP contribution in [0.4, 0.5) is 10.1 Å². The van der Waals surface area contributed by atoms with Crippen LogP contribution in [-0.2, 0) is 5.54 Å². The van der Waals surface area contributed by atoms with Crippen LogP contribution in [0.2, 0.25) is 0 Å². The number of aromatic amines is 1. The Morgan fingerprint density at radius 3 is 2.39 bits per heavy atom. The molecule has 0 amide bonds. The zero-order valence-electron chi connectivity index (χ0n) is 21.4. The van der Waals surface area contributed by atoms with E-state index in [1.807, 2.05) is 63.8 Å². The number of nitrogens with zero attached hydrogens (tertiary/aromatic N) is 6. The number of hydrogen-bond donors (Lipinski definition) is 1. The van der Waals surface area contributed by atoms with Crippen molar-refractivity contribution < 1.29 is 4.39 Å². The zero-order chi connectivity index (χ0) is 25.6. The van der Waals surface area contributed by atoms with Crippen LogP contribution in [0.3, 0.4) is 0 Å². The van der Waals surface area contributed by atoms with Gasteiger partial charge < -0.3 is 9.88 Å². The molecule has 0 aliphatic carbocycles. The lowest BCUT2D eigenvalue weighted by Gasteiger charge is -2.40. The number of fused-ring (bicyclic) bond motifs is 1. The van der Waals surface area contributed by atoms with Gasteiger partial charge in [-0.2, -0.15) is 0 Å². The third-order valence-corrected chi connectivity index (χ3v) is 7.01. The number of aromatic nitrogens is 5. The summed E-state index contributed by atoms with van der Waals surface area (Å²) >= 11 is 0. The topological polar surface area (TPSA) is 82.9 Å². The molecule has 0 unspecified atom stereocenters. The van der Waals surface area contributed by atoms with Crippen LogP contribution in [0.5, 0.6) is 0 Å². The summed E-state index contributed by atoms with van der Waals surface area (Å²) in [5, 5.41) is 13.7. The van der Waals surface area contributed by atoms with Gasteiger partial charge in [0.25, 0.3) is 5.56 Å². The first-order chi connectivity index (χ1) is 17.1. The number of para-hydroxylation sites is 1. The number of pyridine rings is 1. The Labute approximate surface area is 209 Å². The van der Waals surface area contributed by atoms with E-state index >= 15 is 0 Å². The number of anilines is 1. The van der Waals surface area contributed by atoms with Crippen molar-refractivity contribution in [2.24, 2.45) is 0 Å². The standard InChI is InChI=1S/C27H32FN7O/c1-17-10-11-18(2)23-19(17)16-20(26(36)29-23)24(25-30-31-32-35(25)27(3,4)5)34-14-12-33(13-15-34)22-9-7-6-8-21(22)28/h6-11,16,24H,12-15H2,1-5H3,(H,29,36)/t24-/m0/s1. The molecule has 1 atom stereocenters. The molecule has 2 aromatic carbocycles. The molecule has 0 saturated carbocycles. The summed E-state index contributed by atoms with van der Waals surface area (Å²) in [6.07, 6.45) is 0. The van der Waals surface area contributed by atoms with Crippen LogP contribution in [0.1, 0.15) is 49.3 Å². The number of piperazine rings is 1. The van der Waals surface area contributed by atoms with Crippen molar-refractivity contribution in [3.05, 3.63) is 81.2 Å². The van der Waals surface area contributed by atoms with Gasteiger partial charge in [0.1, 0.15) is 11.9 Å². The smallest absolute Gasteiger partial charge is 0.253 e. The van der Waals surface area contributed by atoms with Crippen molar-refractivity contribution in [3.8, 4) is 0 Å². The minimum atomic E-state index is -0.449. The van der Waals surface area contributed by atoms with Crippen molar-refractivity contribution in [2.45, 2.75) is 46.2 Å². The SMILES string of the molecule is Cc1ccc(C)c2[nH]c(=O)c([C@@H](c3nnnn3C(C)(C)C)N3CCN(c4ccccc4F)CC3)cc12. The van der Waals surface area contributed by atoms with E-state index < -0.39 is 6.04 Å². The summed E-state index contributed by atoms with van der Waals surface area (Å²) in [5.74, 6) is 0.396. The average Bonchev–Trinajstić information content (AvgIpc) is 3.34. The number of tetrazole rings is 1. The highest BCUT2D eigenvalue weighted by molar-refractivity contribution is 5.85. The second-order valence-electron chi connectivity index (χ2n) is 10.5. The van der Waals surface area contributed by atoms with E-state index in [1.165, 1.54) is 6.07 Å². The highest BCUT2D eigenvalue weighted by Gasteiger charge is 2.35. The second-order valence-corrected chi connectivity index (χ2v) is 10.5. The zero-order valence-corrected chi connectivity index (χ0v) is 21.4. The normalized spacial score (nSPS) is 16.0. The molecule has 5 rings (SSSR count). The molecule has 1 saturated heterocycles. The third-order valence-electron chi connectivity index (χ3n) is 7.01. The molecule has 36 heavy (non-hydrogen) atoms. The van der Waals surface area contributed by atoms with E-state index in [2.05, 4.69) is 31.5 Å². The Bertz CT molecular complexity index is 1460. The predicted octanol–water partition coefficient (Wildman–Crippen LogP) is 3.94. The first kappa shape index (κ1) is 24.1. The number of nitrogens with one attached hydrogen (secondary N) is 1. The van der Waals surface area contributed by atoms with Crippen LogP contribution >= 0.6 is 0 Å². The Kier molecular flexibility index (Phi) is 6.12. The summed E-state index contributed by atoms with van der Waals surface area (Å²) in [6.45, 7) is 12.7. The molecular weight excluding hydrogens is 457 g/mol. The Morgan fingerprint density at radius 2 is 1.69 bits per heavy atom. The molecule has 0 spiro atoms. The van der Waals surface area contributed by atoms with Gasteiger partial charge in [-0.05, 0) is 74.4 Å². The largest absolute Gasteiger partial charge is 0.367 e. The van der Waals surface area contributed by atoms with Gasteiger partial charge in [0.05, 0.1) is 16.7 Å². The quantitative estimate of drug-likeness (QED) is 0.468. The molecule has 0 bridgehead atoms. The molecule has 188 valence electrons. The highest BCUT2D eigenvalue weighted by Crippen LogP contribution is 2.32. The van der Waals surface area contributed by atoms with Crippen LogP contribution in [0, 0.1) is 19.7 Å². The molecule has 8 nitrogen and oxygen atoms in total. The molecular formula is C27H32FN7O. The molecule has 1 fully saturated rings. The van der Waals surface area contributed by atoms with Crippen molar-refractivity contribution in [1.29, 1.82) is 0 Å². The van der Waals surface area contributed by atoms with E-state index in [0.717, 1.165) is 22.0 Å². The minimum Gasteiger partial charge on any atom is -0.367 e. The van der Waals surface area contributed by atoms with Crippen LogP contribution in [0.15, 0.2) is 47.3 Å². The fraction of sp³-hybridized carbons (Fsp3) is 0.407. The predicted molar refractivity (Wildman–Crippen MR) is 139 cm³/mol. The molecule has 1 N–H and O–H groups in total. The lowest BCUT2D eigenvalue weighted by atomic mass is 9.98. The number of benzene rings is 2. The molecule has 0 radical (unpaired) electrons. The van der Waals surface area contributed by atoms with Gasteiger partial charge in [0.2, 0.25) is 0 Å². The van der Waals surface area contributed by atoms with Crippen LogP contribution in [-0.4, -0.2) is 56.3 Å². The lowest BCUT2D eigenvalue weighted by molar-refractivity contribution is 0.190. The number of hydrogen-bond acceptors (Lipinski definition) is 6. The molecule has 9 heteroatoms. The summed E-state index contributed by atoms with van der Waals surface area (Å²) in [7, 11) is 0. The molecule has 4 aromatic rings. The molecule has 1 aliphatic heterocycles. The molecule has 2 aromatic heterocycles. The summed E-state index contributed by atoms with van der Waals surface area (Å²) in [6, 6.07) is 12.5. The highest BCUT2D eigenvalue weighted by atomic mass is 19.1. The Hall–Kier alpha value is -3.59. The van der Waals surface area contributed by atoms with E-state index in [0.29, 0.717) is 43.3 Å². The van der Waals surface area contributed by atoms with Gasteiger partial charge in [-0.1, -0.05) is 24.3 Å². The van der Waals surface area contributed by atoms with E-state index in [-0.39, 0.29) is 16.9 Å². The molecule has 3 heterocycles. The van der Waals surface area contributed by atoms with E-state index in [1.54, 1.807) is 10.7 Å². The van der Waals surface area contributed by atoms with Crippen molar-refractivity contribution in [3.63, 3.8) is 0 Å². The maximum absolute atomic E-state index is 14.4. The maximum atomic E-state index is 14.4. The number of rotatable bonds is 4. The van der Waals surface area contributed by atoms with Gasteiger partial charge in [-0.3, -0.25) is 9.69 Å². The molecule has 1 aliphatic rings. The van der Waals surface area contributed by atoms with Gasteiger partial charge >= 0.3 is 0 Å². The third kappa shape index (κ3) is 4.28. The number of H-pyrrole nitrogens is 1. The maximum Gasteiger partial charge on any atom is 0.253 e. The monoisotopic (exact) mass is 489 g/mol. The van der Waals surface area contributed by atoms with Crippen molar-refractivity contribution in [1.82, 2.24) is 30.1 Å². The summed E-state index contributed by atoms with van der Waals surface area (Å²) < 4.78 is 16.2. The Balaban J connectivity index is 1.60. The number of aryl methyl sites for hydroxylation is 2. The van der Waals surface area contributed by atoms with Gasteiger partial charge in [0, 0.05) is 37.1 Å². The van der Waals surface area contributed by atoms with E-state index in [9.17, 15) is 9.18 Å². The van der Waals surface area contributed by atoms with E-state index in [4.69, 9.17) is 0 Å². The fourth-order valence-corrected chi connectivity index (χ4v) is 5.07. The summed E-state index contributed by atoms with van der Waals surface area (Å²) in [4.78, 5) is 21.0. The first-order valence-corrected chi connectivity index (χ1v) is 12.3. The number of halogens is 1. The minimum absolute atomic E-state index is 0.152.